The van der Waals surface area contributed by atoms with Crippen LogP contribution < -0.4 is 11.3 Å². The number of amides is 2. The molecule has 1 fully saturated rings. The third-order valence-electron chi connectivity index (χ3n) is 6.58. The van der Waals surface area contributed by atoms with Crippen molar-refractivity contribution >= 4 is 34.5 Å². The van der Waals surface area contributed by atoms with Crippen LogP contribution in [0.1, 0.15) is 44.6 Å². The van der Waals surface area contributed by atoms with E-state index in [1.54, 1.807) is 21.6 Å². The van der Waals surface area contributed by atoms with Gasteiger partial charge < -0.3 is 10.6 Å². The first-order valence-electron chi connectivity index (χ1n) is 11.7. The summed E-state index contributed by atoms with van der Waals surface area (Å²) >= 11 is 1.24. The van der Waals surface area contributed by atoms with Crippen LogP contribution in [0, 0.1) is 5.92 Å². The summed E-state index contributed by atoms with van der Waals surface area (Å²) in [6.45, 7) is 5.28. The number of primary amides is 1. The number of nitrogens with two attached hydrogens (primary N) is 1. The van der Waals surface area contributed by atoms with Gasteiger partial charge in [-0.3, -0.25) is 19.0 Å². The molecule has 3 aromatic rings. The van der Waals surface area contributed by atoms with Crippen molar-refractivity contribution in [1.29, 1.82) is 0 Å². The summed E-state index contributed by atoms with van der Waals surface area (Å²) in [7, 11) is 0. The molecule has 2 aromatic carbocycles. The number of carbonyl (C=O) groups excluding carboxylic acids is 2. The molecule has 0 saturated carbocycles. The largest absolute Gasteiger partial charge is 0.369 e. The zero-order chi connectivity index (χ0) is 24.2. The van der Waals surface area contributed by atoms with Gasteiger partial charge in [-0.2, -0.15) is 0 Å². The number of fused-ring (bicyclic) bond motifs is 1. The van der Waals surface area contributed by atoms with E-state index >= 15 is 0 Å². The molecule has 1 saturated heterocycles. The number of rotatable bonds is 7. The Morgan fingerprint density at radius 2 is 1.91 bits per heavy atom. The SMILES string of the molecule is CCC(C)c1ccc(-n2c(SCC(=O)N3CCCC(C(N)=O)C3)nc3ccccc3c2=O)cc1. The van der Waals surface area contributed by atoms with E-state index in [1.165, 1.54) is 17.3 Å². The van der Waals surface area contributed by atoms with Gasteiger partial charge in [0.05, 0.1) is 28.3 Å². The van der Waals surface area contributed by atoms with Crippen molar-refractivity contribution in [2.75, 3.05) is 18.8 Å². The van der Waals surface area contributed by atoms with Crippen molar-refractivity contribution in [3.63, 3.8) is 0 Å². The molecule has 2 amide bonds. The zero-order valence-corrected chi connectivity index (χ0v) is 20.4. The van der Waals surface area contributed by atoms with Crippen molar-refractivity contribution in [3.05, 3.63) is 64.4 Å². The van der Waals surface area contributed by atoms with E-state index in [0.29, 0.717) is 41.5 Å². The van der Waals surface area contributed by atoms with Gasteiger partial charge in [-0.25, -0.2) is 4.98 Å². The molecule has 2 heterocycles. The standard InChI is InChI=1S/C26H30N4O3S/c1-3-17(2)18-10-12-20(13-11-18)30-25(33)21-8-4-5-9-22(21)28-26(30)34-16-23(31)29-14-6-7-19(15-29)24(27)32/h4-5,8-13,17,19H,3,6-7,14-16H2,1-2H3,(H2,27,32). The Labute approximate surface area is 203 Å². The fourth-order valence-corrected chi connectivity index (χ4v) is 5.19. The molecule has 0 radical (unpaired) electrons. The number of likely N-dealkylation sites (tertiary alicyclic amines) is 1. The number of benzene rings is 2. The van der Waals surface area contributed by atoms with Crippen LogP contribution in [-0.2, 0) is 9.59 Å². The first-order chi connectivity index (χ1) is 16.4. The number of hydrogen-bond donors (Lipinski definition) is 1. The van der Waals surface area contributed by atoms with Gasteiger partial charge in [0.1, 0.15) is 0 Å². The van der Waals surface area contributed by atoms with E-state index < -0.39 is 0 Å². The Morgan fingerprint density at radius 1 is 1.18 bits per heavy atom. The summed E-state index contributed by atoms with van der Waals surface area (Å²) in [5.74, 6) is -0.196. The Kier molecular flexibility index (Phi) is 7.36. The summed E-state index contributed by atoms with van der Waals surface area (Å²) in [4.78, 5) is 44.4. The molecule has 1 aliphatic heterocycles. The third kappa shape index (κ3) is 5.01. The van der Waals surface area contributed by atoms with Crippen molar-refractivity contribution in [2.24, 2.45) is 11.7 Å². The molecule has 8 heteroatoms. The third-order valence-corrected chi connectivity index (χ3v) is 7.50. The van der Waals surface area contributed by atoms with E-state index in [4.69, 9.17) is 10.7 Å². The number of piperidine rings is 1. The van der Waals surface area contributed by atoms with Gasteiger partial charge in [0.15, 0.2) is 5.16 Å². The average molecular weight is 479 g/mol. The highest BCUT2D eigenvalue weighted by Crippen LogP contribution is 2.25. The van der Waals surface area contributed by atoms with Crippen LogP contribution in [-0.4, -0.2) is 45.1 Å². The highest BCUT2D eigenvalue weighted by molar-refractivity contribution is 7.99. The van der Waals surface area contributed by atoms with Crippen LogP contribution in [0.5, 0.6) is 0 Å². The van der Waals surface area contributed by atoms with Crippen LogP contribution in [0.4, 0.5) is 0 Å². The molecule has 2 unspecified atom stereocenters. The van der Waals surface area contributed by atoms with Gasteiger partial charge in [-0.1, -0.05) is 49.9 Å². The summed E-state index contributed by atoms with van der Waals surface area (Å²) in [5.41, 5.74) is 7.83. The number of thioether (sulfide) groups is 1. The number of aromatic nitrogens is 2. The lowest BCUT2D eigenvalue weighted by molar-refractivity contribution is -0.132. The van der Waals surface area contributed by atoms with Crippen LogP contribution in [0.25, 0.3) is 16.6 Å². The first kappa shape index (κ1) is 24.0. The summed E-state index contributed by atoms with van der Waals surface area (Å²) in [6, 6.07) is 15.2. The molecule has 2 atom stereocenters. The lowest BCUT2D eigenvalue weighted by Crippen LogP contribution is -2.44. The lowest BCUT2D eigenvalue weighted by Gasteiger charge is -2.31. The zero-order valence-electron chi connectivity index (χ0n) is 19.6. The summed E-state index contributed by atoms with van der Waals surface area (Å²) in [6.07, 6.45) is 2.50. The minimum atomic E-state index is -0.365. The number of para-hydroxylation sites is 1. The molecule has 1 aliphatic rings. The monoisotopic (exact) mass is 478 g/mol. The second-order valence-corrected chi connectivity index (χ2v) is 9.77. The molecule has 4 rings (SSSR count). The maximum Gasteiger partial charge on any atom is 0.266 e. The summed E-state index contributed by atoms with van der Waals surface area (Å²) < 4.78 is 1.59. The molecule has 178 valence electrons. The normalized spacial score (nSPS) is 17.0. The van der Waals surface area contributed by atoms with Gasteiger partial charge in [-0.15, -0.1) is 0 Å². The molecule has 0 spiro atoms. The quantitative estimate of drug-likeness (QED) is 0.412. The predicted octanol–water partition coefficient (Wildman–Crippen LogP) is 3.72. The predicted molar refractivity (Wildman–Crippen MR) is 135 cm³/mol. The Balaban J connectivity index is 1.64. The van der Waals surface area contributed by atoms with E-state index in [0.717, 1.165) is 18.5 Å². The minimum absolute atomic E-state index is 0.0861. The maximum atomic E-state index is 13.5. The number of carbonyl (C=O) groups is 2. The highest BCUT2D eigenvalue weighted by atomic mass is 32.2. The van der Waals surface area contributed by atoms with Crippen LogP contribution >= 0.6 is 11.8 Å². The lowest BCUT2D eigenvalue weighted by atomic mass is 9.97. The molecule has 0 aliphatic carbocycles. The molecule has 0 bridgehead atoms. The minimum Gasteiger partial charge on any atom is -0.369 e. The second-order valence-electron chi connectivity index (χ2n) is 8.82. The first-order valence-corrected chi connectivity index (χ1v) is 12.7. The topological polar surface area (TPSA) is 98.3 Å². The summed E-state index contributed by atoms with van der Waals surface area (Å²) in [5, 5.41) is 1.00. The molecule has 7 nitrogen and oxygen atoms in total. The van der Waals surface area contributed by atoms with E-state index in [1.807, 2.05) is 36.4 Å². The van der Waals surface area contributed by atoms with Crippen LogP contribution in [0.15, 0.2) is 58.5 Å². The fourth-order valence-electron chi connectivity index (χ4n) is 4.28. The molecule has 1 aromatic heterocycles. The number of hydrogen-bond acceptors (Lipinski definition) is 5. The number of nitrogens with zero attached hydrogens (tertiary/aromatic N) is 3. The van der Waals surface area contributed by atoms with Gasteiger partial charge in [0.25, 0.3) is 5.56 Å². The fraction of sp³-hybridized carbons (Fsp3) is 0.385. The molecular formula is C26H30N4O3S. The van der Waals surface area contributed by atoms with E-state index in [9.17, 15) is 14.4 Å². The van der Waals surface area contributed by atoms with Crippen LogP contribution in [0.2, 0.25) is 0 Å². The smallest absolute Gasteiger partial charge is 0.266 e. The van der Waals surface area contributed by atoms with Crippen molar-refractivity contribution in [1.82, 2.24) is 14.5 Å². The van der Waals surface area contributed by atoms with Crippen molar-refractivity contribution in [2.45, 2.75) is 44.2 Å². The van der Waals surface area contributed by atoms with Gasteiger partial charge in [0.2, 0.25) is 11.8 Å². The van der Waals surface area contributed by atoms with Gasteiger partial charge >= 0.3 is 0 Å². The van der Waals surface area contributed by atoms with E-state index in [-0.39, 0.29) is 29.0 Å². The van der Waals surface area contributed by atoms with Gasteiger partial charge in [-0.05, 0) is 55.0 Å². The highest BCUT2D eigenvalue weighted by Gasteiger charge is 2.27. The van der Waals surface area contributed by atoms with Crippen LogP contribution in [0.3, 0.4) is 0 Å². The van der Waals surface area contributed by atoms with Crippen molar-refractivity contribution in [3.8, 4) is 5.69 Å². The molecule has 2 N–H and O–H groups in total. The maximum absolute atomic E-state index is 13.5. The second kappa shape index (κ2) is 10.4. The van der Waals surface area contributed by atoms with E-state index in [2.05, 4.69) is 13.8 Å². The molecule has 34 heavy (non-hydrogen) atoms. The average Bonchev–Trinajstić information content (AvgIpc) is 2.87. The Morgan fingerprint density at radius 3 is 2.62 bits per heavy atom. The Hall–Kier alpha value is -3.13. The van der Waals surface area contributed by atoms with Gasteiger partial charge in [0, 0.05) is 13.1 Å². The molecular weight excluding hydrogens is 448 g/mol. The van der Waals surface area contributed by atoms with Crippen molar-refractivity contribution < 1.29 is 9.59 Å². The Bertz CT molecular complexity index is 1260.